The molecule has 0 radical (unpaired) electrons. The summed E-state index contributed by atoms with van der Waals surface area (Å²) in [4.78, 5) is 16.7. The lowest BCUT2D eigenvalue weighted by Gasteiger charge is -2.53. The minimum absolute atomic E-state index is 0.0711. The van der Waals surface area contributed by atoms with Crippen LogP contribution < -0.4 is 9.80 Å². The van der Waals surface area contributed by atoms with E-state index in [2.05, 4.69) is 9.80 Å². The number of aryl methyl sites for hydroxylation is 1. The topological polar surface area (TPSA) is 107 Å². The average Bonchev–Trinajstić information content (AvgIpc) is 3.38. The van der Waals surface area contributed by atoms with E-state index in [-0.39, 0.29) is 23.5 Å². The van der Waals surface area contributed by atoms with E-state index in [0.717, 1.165) is 26.0 Å². The highest BCUT2D eigenvalue weighted by Gasteiger charge is 2.48. The Morgan fingerprint density at radius 1 is 1.00 bits per heavy atom. The number of ether oxygens (including phenoxy) is 4. The molecule has 12 heteroatoms. The smallest absolute Gasteiger partial charge is 0.227 e. The van der Waals surface area contributed by atoms with E-state index >= 15 is 0 Å². The number of fused-ring (bicyclic) bond motifs is 3. The molecule has 0 saturated carbocycles. The van der Waals surface area contributed by atoms with Gasteiger partial charge in [0.1, 0.15) is 17.1 Å². The zero-order valence-electron chi connectivity index (χ0n) is 21.2. The van der Waals surface area contributed by atoms with Crippen LogP contribution in [-0.2, 0) is 35.2 Å². The number of methoxy groups -OCH3 is 2. The molecular weight excluding hydrogens is 486 g/mol. The number of morpholine rings is 1. The Bertz CT molecular complexity index is 1080. The fourth-order valence-corrected chi connectivity index (χ4v) is 8.26. The number of aromatic nitrogens is 2. The molecule has 1 spiro atoms. The zero-order chi connectivity index (χ0) is 24.9. The molecule has 36 heavy (non-hydrogen) atoms. The summed E-state index contributed by atoms with van der Waals surface area (Å²) in [6, 6.07) is 0.382. The van der Waals surface area contributed by atoms with Gasteiger partial charge in [-0.2, -0.15) is 4.98 Å². The maximum Gasteiger partial charge on any atom is 0.227 e. The van der Waals surface area contributed by atoms with E-state index in [1.54, 1.807) is 14.2 Å². The van der Waals surface area contributed by atoms with Crippen molar-refractivity contribution >= 4 is 21.6 Å². The summed E-state index contributed by atoms with van der Waals surface area (Å²) in [5.41, 5.74) is 0.288. The lowest BCUT2D eigenvalue weighted by atomic mass is 9.89. The van der Waals surface area contributed by atoms with Crippen LogP contribution in [0.1, 0.15) is 25.0 Å². The standard InChI is InChI=1S/C24H37N5O6S/c1-32-19-11-28(12-20(19)33-2)23-25-18-6-10-36(30,31)21(18)22(26-23)27-8-9-34-15-24(14-27)16-35-13-17-5-3-4-7-29(17)24/h17,19-20H,3-16H2,1-2H3/t17-,19-,20-,24+/m1/s1. The summed E-state index contributed by atoms with van der Waals surface area (Å²) in [7, 11) is -0.0963. The van der Waals surface area contributed by atoms with Gasteiger partial charge in [0, 0.05) is 52.9 Å². The largest absolute Gasteiger partial charge is 0.378 e. The van der Waals surface area contributed by atoms with Crippen molar-refractivity contribution in [1.29, 1.82) is 0 Å². The van der Waals surface area contributed by atoms with E-state index in [1.165, 1.54) is 6.42 Å². The first kappa shape index (κ1) is 24.7. The molecule has 4 atom stereocenters. The Balaban J connectivity index is 1.39. The lowest BCUT2D eigenvalue weighted by molar-refractivity contribution is -0.134. The van der Waals surface area contributed by atoms with Crippen LogP contribution in [0.2, 0.25) is 0 Å². The van der Waals surface area contributed by atoms with Crippen molar-refractivity contribution in [2.24, 2.45) is 0 Å². The molecule has 0 bridgehead atoms. The number of anilines is 2. The molecule has 0 aromatic carbocycles. The molecule has 6 rings (SSSR count). The van der Waals surface area contributed by atoms with Crippen LogP contribution in [0.4, 0.5) is 11.8 Å². The van der Waals surface area contributed by atoms with Gasteiger partial charge in [0.25, 0.3) is 0 Å². The van der Waals surface area contributed by atoms with Crippen LogP contribution in [0, 0.1) is 0 Å². The van der Waals surface area contributed by atoms with Crippen LogP contribution in [0.5, 0.6) is 0 Å². The molecule has 4 saturated heterocycles. The summed E-state index contributed by atoms with van der Waals surface area (Å²) in [6.45, 7) is 5.79. The monoisotopic (exact) mass is 523 g/mol. The summed E-state index contributed by atoms with van der Waals surface area (Å²) >= 11 is 0. The van der Waals surface area contributed by atoms with Gasteiger partial charge in [-0.1, -0.05) is 6.42 Å². The molecule has 0 N–H and O–H groups in total. The second kappa shape index (κ2) is 9.63. The van der Waals surface area contributed by atoms with Crippen LogP contribution in [0.3, 0.4) is 0 Å². The predicted molar refractivity (Wildman–Crippen MR) is 133 cm³/mol. The number of nitrogens with zero attached hydrogens (tertiary/aromatic N) is 5. The third-order valence-electron chi connectivity index (χ3n) is 8.51. The molecule has 1 aromatic rings. The van der Waals surface area contributed by atoms with Crippen LogP contribution in [-0.4, -0.2) is 126 Å². The van der Waals surface area contributed by atoms with Crippen molar-refractivity contribution in [2.75, 3.05) is 88.9 Å². The van der Waals surface area contributed by atoms with Crippen LogP contribution >= 0.6 is 0 Å². The van der Waals surface area contributed by atoms with Gasteiger partial charge in [0.05, 0.1) is 43.4 Å². The predicted octanol–water partition coefficient (Wildman–Crippen LogP) is 0.117. The number of sulfone groups is 1. The molecule has 4 fully saturated rings. The first-order chi connectivity index (χ1) is 17.4. The first-order valence-electron chi connectivity index (χ1n) is 13.1. The lowest BCUT2D eigenvalue weighted by Crippen LogP contribution is -2.68. The molecule has 6 heterocycles. The first-order valence-corrected chi connectivity index (χ1v) is 14.7. The Morgan fingerprint density at radius 3 is 2.56 bits per heavy atom. The van der Waals surface area contributed by atoms with Crippen molar-refractivity contribution in [3.8, 4) is 0 Å². The van der Waals surface area contributed by atoms with Crippen molar-refractivity contribution in [3.63, 3.8) is 0 Å². The minimum atomic E-state index is -3.45. The van der Waals surface area contributed by atoms with Gasteiger partial charge in [0.15, 0.2) is 15.7 Å². The van der Waals surface area contributed by atoms with Gasteiger partial charge in [0.2, 0.25) is 5.95 Å². The number of hydrogen-bond acceptors (Lipinski definition) is 11. The van der Waals surface area contributed by atoms with E-state index < -0.39 is 9.84 Å². The van der Waals surface area contributed by atoms with E-state index in [1.807, 2.05) is 4.90 Å². The van der Waals surface area contributed by atoms with Gasteiger partial charge in [-0.15, -0.1) is 0 Å². The average molecular weight is 524 g/mol. The molecule has 0 amide bonds. The van der Waals surface area contributed by atoms with Gasteiger partial charge in [-0.05, 0) is 19.4 Å². The van der Waals surface area contributed by atoms with Crippen molar-refractivity contribution in [3.05, 3.63) is 5.69 Å². The molecular formula is C24H37N5O6S. The quantitative estimate of drug-likeness (QED) is 0.537. The highest BCUT2D eigenvalue weighted by Crippen LogP contribution is 2.39. The fraction of sp³-hybridized carbons (Fsp3) is 0.833. The Hall–Kier alpha value is -1.57. The summed E-state index contributed by atoms with van der Waals surface area (Å²) in [5, 5.41) is 0. The molecule has 0 aliphatic carbocycles. The Labute approximate surface area is 212 Å². The Kier molecular flexibility index (Phi) is 6.62. The van der Waals surface area contributed by atoms with Crippen molar-refractivity contribution in [2.45, 2.75) is 54.4 Å². The molecule has 0 unspecified atom stereocenters. The van der Waals surface area contributed by atoms with Crippen LogP contribution in [0.15, 0.2) is 4.90 Å². The second-order valence-electron chi connectivity index (χ2n) is 10.7. The number of hydrogen-bond donors (Lipinski definition) is 0. The van der Waals surface area contributed by atoms with Gasteiger partial charge in [-0.3, -0.25) is 4.90 Å². The van der Waals surface area contributed by atoms with E-state index in [0.29, 0.717) is 80.8 Å². The fourth-order valence-electron chi connectivity index (χ4n) is 6.63. The van der Waals surface area contributed by atoms with Crippen LogP contribution in [0.25, 0.3) is 0 Å². The highest BCUT2D eigenvalue weighted by atomic mass is 32.2. The van der Waals surface area contributed by atoms with E-state index in [4.69, 9.17) is 28.9 Å². The summed E-state index contributed by atoms with van der Waals surface area (Å²) in [5.74, 6) is 1.12. The molecule has 200 valence electrons. The van der Waals surface area contributed by atoms with Gasteiger partial charge >= 0.3 is 0 Å². The Morgan fingerprint density at radius 2 is 1.78 bits per heavy atom. The minimum Gasteiger partial charge on any atom is -0.378 e. The maximum atomic E-state index is 13.2. The molecule has 11 nitrogen and oxygen atoms in total. The van der Waals surface area contributed by atoms with Crippen molar-refractivity contribution < 1.29 is 27.4 Å². The third kappa shape index (κ3) is 4.19. The SMILES string of the molecule is CO[C@@H]1CN(c2nc3c(c(N4CCOC[C@]5(COC[C@H]6CCCCN65)C4)n2)S(=O)(=O)CC3)C[C@H]1OC. The molecule has 1 aromatic heterocycles. The maximum absolute atomic E-state index is 13.2. The summed E-state index contributed by atoms with van der Waals surface area (Å²) < 4.78 is 49.9. The highest BCUT2D eigenvalue weighted by molar-refractivity contribution is 7.91. The third-order valence-corrected chi connectivity index (χ3v) is 10.3. The normalized spacial score (nSPS) is 34.6. The summed E-state index contributed by atoms with van der Waals surface area (Å²) in [6.07, 6.45) is 3.72. The molecule has 5 aliphatic heterocycles. The second-order valence-corrected chi connectivity index (χ2v) is 12.7. The van der Waals surface area contributed by atoms with Gasteiger partial charge < -0.3 is 28.7 Å². The number of piperidine rings is 1. The molecule has 5 aliphatic rings. The number of rotatable bonds is 4. The van der Waals surface area contributed by atoms with E-state index in [9.17, 15) is 8.42 Å². The zero-order valence-corrected chi connectivity index (χ0v) is 22.0. The van der Waals surface area contributed by atoms with Crippen molar-refractivity contribution in [1.82, 2.24) is 14.9 Å². The van der Waals surface area contributed by atoms with Gasteiger partial charge in [-0.25, -0.2) is 13.4 Å².